The summed E-state index contributed by atoms with van der Waals surface area (Å²) in [5, 5.41) is 3.88. The smallest absolute Gasteiger partial charge is 0.410 e. The lowest BCUT2D eigenvalue weighted by Gasteiger charge is -2.39. The number of nitrogens with zero attached hydrogens (tertiary/aromatic N) is 1. The molecule has 4 unspecified atom stereocenters. The van der Waals surface area contributed by atoms with Crippen molar-refractivity contribution in [2.24, 2.45) is 17.8 Å². The third-order valence-electron chi connectivity index (χ3n) is 5.31. The molecule has 4 atom stereocenters. The van der Waals surface area contributed by atoms with Crippen LogP contribution in [0.25, 0.3) is 0 Å². The minimum absolute atomic E-state index is 0.167. The van der Waals surface area contributed by atoms with Gasteiger partial charge in [0.2, 0.25) is 0 Å². The van der Waals surface area contributed by atoms with Crippen LogP contribution in [0.5, 0.6) is 0 Å². The molecule has 1 aliphatic heterocycles. The van der Waals surface area contributed by atoms with Crippen molar-refractivity contribution in [3.8, 4) is 0 Å². The van der Waals surface area contributed by atoms with Gasteiger partial charge in [0.1, 0.15) is 5.60 Å². The monoisotopic (exact) mass is 324 g/mol. The minimum atomic E-state index is -0.413. The highest BCUT2D eigenvalue weighted by Crippen LogP contribution is 2.34. The number of hydrogen-bond acceptors (Lipinski definition) is 3. The summed E-state index contributed by atoms with van der Waals surface area (Å²) in [5.74, 6) is 2.30. The predicted molar refractivity (Wildman–Crippen MR) is 94.5 cm³/mol. The number of amides is 1. The maximum atomic E-state index is 12.2. The molecule has 0 aromatic carbocycles. The van der Waals surface area contributed by atoms with Crippen molar-refractivity contribution < 1.29 is 9.53 Å². The molecule has 0 radical (unpaired) electrons. The number of carbonyl (C=O) groups is 1. The van der Waals surface area contributed by atoms with Crippen LogP contribution >= 0.6 is 0 Å². The van der Waals surface area contributed by atoms with E-state index in [1.54, 1.807) is 0 Å². The first-order valence-electron chi connectivity index (χ1n) is 9.39. The van der Waals surface area contributed by atoms with Gasteiger partial charge in [0.15, 0.2) is 0 Å². The fourth-order valence-electron chi connectivity index (χ4n) is 4.09. The van der Waals surface area contributed by atoms with Gasteiger partial charge in [-0.3, -0.25) is 0 Å². The molecule has 0 spiro atoms. The van der Waals surface area contributed by atoms with Crippen LogP contribution in [0, 0.1) is 17.8 Å². The van der Waals surface area contributed by atoms with Gasteiger partial charge >= 0.3 is 6.09 Å². The molecule has 1 N–H and O–H groups in total. The highest BCUT2D eigenvalue weighted by atomic mass is 16.6. The number of ether oxygens (including phenoxy) is 1. The third-order valence-corrected chi connectivity index (χ3v) is 5.31. The maximum absolute atomic E-state index is 12.2. The van der Waals surface area contributed by atoms with Crippen molar-refractivity contribution in [3.63, 3.8) is 0 Å². The SMILES string of the molecule is CC1CCC(C(C)C)C(NC2CCN(C(=O)OC(C)(C)C)C2)C1. The summed E-state index contributed by atoms with van der Waals surface area (Å²) in [6, 6.07) is 1.02. The molecular formula is C19H36N2O2. The Kier molecular flexibility index (Phi) is 5.99. The molecule has 2 aliphatic rings. The molecule has 1 aliphatic carbocycles. The summed E-state index contributed by atoms with van der Waals surface area (Å²) in [4.78, 5) is 14.1. The zero-order chi connectivity index (χ0) is 17.2. The Hall–Kier alpha value is -0.770. The summed E-state index contributed by atoms with van der Waals surface area (Å²) in [6.45, 7) is 14.4. The second-order valence-corrected chi connectivity index (χ2v) is 9.01. The Balaban J connectivity index is 1.87. The summed E-state index contributed by atoms with van der Waals surface area (Å²) < 4.78 is 5.50. The molecular weight excluding hydrogens is 288 g/mol. The van der Waals surface area contributed by atoms with Crippen LogP contribution in [-0.4, -0.2) is 41.8 Å². The average molecular weight is 325 g/mol. The van der Waals surface area contributed by atoms with E-state index in [0.29, 0.717) is 12.1 Å². The normalized spacial score (nSPS) is 32.4. The first-order valence-corrected chi connectivity index (χ1v) is 9.39. The quantitative estimate of drug-likeness (QED) is 0.851. The first-order chi connectivity index (χ1) is 10.7. The van der Waals surface area contributed by atoms with Crippen LogP contribution in [0.4, 0.5) is 4.79 Å². The van der Waals surface area contributed by atoms with E-state index in [-0.39, 0.29) is 6.09 Å². The zero-order valence-electron chi connectivity index (χ0n) is 15.9. The topological polar surface area (TPSA) is 41.6 Å². The van der Waals surface area contributed by atoms with E-state index in [9.17, 15) is 4.79 Å². The van der Waals surface area contributed by atoms with E-state index in [0.717, 1.165) is 37.3 Å². The molecule has 0 aromatic heterocycles. The van der Waals surface area contributed by atoms with Crippen molar-refractivity contribution in [1.29, 1.82) is 0 Å². The molecule has 0 bridgehead atoms. The number of nitrogens with one attached hydrogen (secondary N) is 1. The lowest BCUT2D eigenvalue weighted by atomic mass is 9.74. The van der Waals surface area contributed by atoms with Gasteiger partial charge in [-0.2, -0.15) is 0 Å². The Morgan fingerprint density at radius 2 is 1.91 bits per heavy atom. The first kappa shape index (κ1) is 18.6. The Bertz CT molecular complexity index is 403. The summed E-state index contributed by atoms with van der Waals surface area (Å²) in [6.07, 6.45) is 4.83. The van der Waals surface area contributed by atoms with Crippen LogP contribution in [-0.2, 0) is 4.74 Å². The van der Waals surface area contributed by atoms with Crippen molar-refractivity contribution in [3.05, 3.63) is 0 Å². The van der Waals surface area contributed by atoms with Gasteiger partial charge in [-0.1, -0.05) is 27.2 Å². The maximum Gasteiger partial charge on any atom is 0.410 e. The highest BCUT2D eigenvalue weighted by Gasteiger charge is 2.35. The van der Waals surface area contributed by atoms with Crippen LogP contribution in [0.3, 0.4) is 0 Å². The van der Waals surface area contributed by atoms with Crippen LogP contribution in [0.15, 0.2) is 0 Å². The summed E-state index contributed by atoms with van der Waals surface area (Å²) in [7, 11) is 0. The van der Waals surface area contributed by atoms with E-state index >= 15 is 0 Å². The van der Waals surface area contributed by atoms with Gasteiger partial charge in [-0.15, -0.1) is 0 Å². The van der Waals surface area contributed by atoms with Gasteiger partial charge in [0, 0.05) is 25.2 Å². The molecule has 0 aromatic rings. The molecule has 2 rings (SSSR count). The lowest BCUT2D eigenvalue weighted by molar-refractivity contribution is 0.0288. The van der Waals surface area contributed by atoms with Gasteiger partial charge in [0.25, 0.3) is 0 Å². The second kappa shape index (κ2) is 7.42. The molecule has 1 heterocycles. The molecule has 23 heavy (non-hydrogen) atoms. The second-order valence-electron chi connectivity index (χ2n) is 9.01. The Morgan fingerprint density at radius 1 is 1.22 bits per heavy atom. The average Bonchev–Trinajstić information content (AvgIpc) is 2.85. The molecule has 1 amide bonds. The largest absolute Gasteiger partial charge is 0.444 e. The van der Waals surface area contributed by atoms with Crippen LogP contribution in [0.1, 0.15) is 67.2 Å². The zero-order valence-corrected chi connectivity index (χ0v) is 15.9. The molecule has 2 fully saturated rings. The van der Waals surface area contributed by atoms with Crippen molar-refractivity contribution in [2.45, 2.75) is 84.9 Å². The van der Waals surface area contributed by atoms with Gasteiger partial charge in [-0.25, -0.2) is 4.79 Å². The molecule has 4 heteroatoms. The van der Waals surface area contributed by atoms with Crippen molar-refractivity contribution in [2.75, 3.05) is 13.1 Å². The highest BCUT2D eigenvalue weighted by molar-refractivity contribution is 5.68. The number of likely N-dealkylation sites (tertiary alicyclic amines) is 1. The predicted octanol–water partition coefficient (Wildman–Crippen LogP) is 4.05. The van der Waals surface area contributed by atoms with E-state index in [4.69, 9.17) is 4.74 Å². The molecule has 134 valence electrons. The standard InChI is InChI=1S/C19H36N2O2/c1-13(2)16-8-7-14(3)11-17(16)20-15-9-10-21(12-15)18(22)23-19(4,5)6/h13-17,20H,7-12H2,1-6H3. The lowest BCUT2D eigenvalue weighted by Crippen LogP contribution is -2.48. The van der Waals surface area contributed by atoms with Crippen molar-refractivity contribution >= 4 is 6.09 Å². The number of carbonyl (C=O) groups excluding carboxylic acids is 1. The van der Waals surface area contributed by atoms with Crippen molar-refractivity contribution in [1.82, 2.24) is 10.2 Å². The van der Waals surface area contributed by atoms with E-state index in [1.807, 2.05) is 25.7 Å². The van der Waals surface area contributed by atoms with Crippen LogP contribution in [0.2, 0.25) is 0 Å². The van der Waals surface area contributed by atoms with Gasteiger partial charge in [-0.05, 0) is 57.8 Å². The van der Waals surface area contributed by atoms with E-state index < -0.39 is 5.60 Å². The van der Waals surface area contributed by atoms with Gasteiger partial charge in [0.05, 0.1) is 0 Å². The fourth-order valence-corrected chi connectivity index (χ4v) is 4.09. The third kappa shape index (κ3) is 5.37. The summed E-state index contributed by atoms with van der Waals surface area (Å²) in [5.41, 5.74) is -0.413. The van der Waals surface area contributed by atoms with E-state index in [1.165, 1.54) is 19.3 Å². The number of hydrogen-bond donors (Lipinski definition) is 1. The van der Waals surface area contributed by atoms with Gasteiger partial charge < -0.3 is 15.0 Å². The molecule has 4 nitrogen and oxygen atoms in total. The fraction of sp³-hybridized carbons (Fsp3) is 0.947. The Labute approximate surface area is 142 Å². The summed E-state index contributed by atoms with van der Waals surface area (Å²) >= 11 is 0. The molecule has 1 saturated heterocycles. The Morgan fingerprint density at radius 3 is 2.52 bits per heavy atom. The molecule has 1 saturated carbocycles. The number of rotatable bonds is 3. The van der Waals surface area contributed by atoms with Crippen LogP contribution < -0.4 is 5.32 Å². The van der Waals surface area contributed by atoms with E-state index in [2.05, 4.69) is 26.1 Å². The minimum Gasteiger partial charge on any atom is -0.444 e.